The van der Waals surface area contributed by atoms with E-state index in [9.17, 15) is 0 Å². The highest BCUT2D eigenvalue weighted by molar-refractivity contribution is 8.00. The van der Waals surface area contributed by atoms with E-state index in [0.717, 1.165) is 104 Å². The number of anilines is 7. The molecule has 68 heavy (non-hydrogen) atoms. The molecule has 4 fully saturated rings. The maximum atomic E-state index is 6.68. The van der Waals surface area contributed by atoms with Crippen molar-refractivity contribution in [1.82, 2.24) is 29.7 Å². The first-order valence-corrected chi connectivity index (χ1v) is 26.8. The zero-order valence-corrected chi connectivity index (χ0v) is 41.5. The first-order valence-electron chi connectivity index (χ1n) is 25.3. The average molecular weight is 951 g/mol. The summed E-state index contributed by atoms with van der Waals surface area (Å²) in [5.41, 5.74) is 12.3. The largest absolute Gasteiger partial charge is 0.371 e. The van der Waals surface area contributed by atoms with Gasteiger partial charge in [0.1, 0.15) is 5.02 Å². The summed E-state index contributed by atoms with van der Waals surface area (Å²) >= 11 is 8.43. The molecule has 3 aromatic carbocycles. The van der Waals surface area contributed by atoms with Crippen molar-refractivity contribution in [3.8, 4) is 0 Å². The third-order valence-electron chi connectivity index (χ3n) is 16.2. The number of piperidine rings is 3. The molecule has 11 nitrogen and oxygen atoms in total. The summed E-state index contributed by atoms with van der Waals surface area (Å²) in [4.78, 5) is 20.3. The van der Waals surface area contributed by atoms with E-state index >= 15 is 0 Å². The molecule has 1 aliphatic carbocycles. The van der Waals surface area contributed by atoms with Crippen LogP contribution in [0, 0.1) is 5.92 Å². The van der Waals surface area contributed by atoms with Gasteiger partial charge in [-0.25, -0.2) is 4.98 Å². The summed E-state index contributed by atoms with van der Waals surface area (Å²) in [6, 6.07) is 18.8. The molecule has 3 N–H and O–H groups in total. The Kier molecular flexibility index (Phi) is 12.9. The van der Waals surface area contributed by atoms with Crippen molar-refractivity contribution in [2.24, 2.45) is 5.92 Å². The van der Waals surface area contributed by atoms with Crippen molar-refractivity contribution in [1.29, 1.82) is 0 Å². The minimum absolute atomic E-state index is 0.153. The van der Waals surface area contributed by atoms with Crippen LogP contribution < -0.4 is 40.8 Å². The van der Waals surface area contributed by atoms with Crippen LogP contribution in [0.3, 0.4) is 0 Å². The zero-order chi connectivity index (χ0) is 46.5. The topological polar surface area (TPSA) is 83.0 Å². The van der Waals surface area contributed by atoms with Gasteiger partial charge in [-0.15, -0.1) is 0 Å². The molecular weight excluding hydrogens is 882 g/mol. The van der Waals surface area contributed by atoms with Gasteiger partial charge < -0.3 is 39.5 Å². The predicted molar refractivity (Wildman–Crippen MR) is 288 cm³/mol. The number of para-hydroxylation sites is 1. The van der Waals surface area contributed by atoms with E-state index in [-0.39, 0.29) is 6.04 Å². The molecule has 1 atom stereocenters. The van der Waals surface area contributed by atoms with Gasteiger partial charge in [-0.3, -0.25) is 4.90 Å². The molecule has 0 saturated carbocycles. The number of rotatable bonds is 12. The zero-order valence-electron chi connectivity index (χ0n) is 40.0. The maximum absolute atomic E-state index is 6.68. The van der Waals surface area contributed by atoms with Crippen molar-refractivity contribution in [2.75, 3.05) is 96.4 Å². The lowest BCUT2D eigenvalue weighted by Gasteiger charge is -2.44. The number of halogens is 1. The minimum atomic E-state index is 0.153. The molecule has 5 aromatic rings. The summed E-state index contributed by atoms with van der Waals surface area (Å²) in [6.45, 7) is 28.9. The Morgan fingerprint density at radius 1 is 0.765 bits per heavy atom. The van der Waals surface area contributed by atoms with E-state index in [1.54, 1.807) is 18.1 Å². The normalized spacial score (nSPS) is 20.9. The predicted octanol–water partition coefficient (Wildman–Crippen LogP) is 9.37. The second-order valence-corrected chi connectivity index (χ2v) is 21.3. The molecule has 0 spiro atoms. The number of fused-ring (bicyclic) bond motifs is 3. The Morgan fingerprint density at radius 3 is 2.34 bits per heavy atom. The van der Waals surface area contributed by atoms with Crippen LogP contribution in [0.5, 0.6) is 0 Å². The Hall–Kier alpha value is -5.14. The van der Waals surface area contributed by atoms with Gasteiger partial charge in [0.25, 0.3) is 0 Å². The molecule has 0 radical (unpaired) electrons. The van der Waals surface area contributed by atoms with Crippen LogP contribution in [0.1, 0.15) is 74.1 Å². The van der Waals surface area contributed by atoms with Gasteiger partial charge in [0.15, 0.2) is 5.82 Å². The van der Waals surface area contributed by atoms with E-state index in [1.165, 1.54) is 116 Å². The maximum Gasteiger partial charge on any atom is 0.229 e. The fraction of sp³-hybridized carbons (Fsp3) is 0.455. The van der Waals surface area contributed by atoms with Crippen molar-refractivity contribution in [3.63, 3.8) is 0 Å². The molecule has 5 aliphatic heterocycles. The third kappa shape index (κ3) is 8.86. The SMILES string of the molecule is C=C1CCC(n2c(=C)c3ccc(N4CCC(CCN5CCN(C6CCN(c7ccc(Nc8ncc(Cl)c(Nc9cccc%10c9N(SC)CC%10)n8)c8c7CCC8)CC6)CC5)CC4)cc3c2=C)C(=C)N1. The third-order valence-corrected chi connectivity index (χ3v) is 17.3. The molecule has 4 saturated heterocycles. The number of nitrogens with one attached hydrogen (secondary N) is 3. The van der Waals surface area contributed by atoms with Crippen LogP contribution in [0.25, 0.3) is 23.9 Å². The van der Waals surface area contributed by atoms with Gasteiger partial charge in [-0.05, 0) is 130 Å². The molecule has 0 bridgehead atoms. The van der Waals surface area contributed by atoms with Gasteiger partial charge in [0.05, 0.1) is 23.6 Å². The monoisotopic (exact) mass is 950 g/mol. The molecule has 7 heterocycles. The van der Waals surface area contributed by atoms with Gasteiger partial charge in [-0.2, -0.15) is 4.98 Å². The van der Waals surface area contributed by atoms with Gasteiger partial charge in [-0.1, -0.05) is 68.1 Å². The molecule has 13 heteroatoms. The number of hydrogen-bond acceptors (Lipinski definition) is 11. The van der Waals surface area contributed by atoms with E-state index in [1.807, 2.05) is 0 Å². The summed E-state index contributed by atoms with van der Waals surface area (Å²) in [7, 11) is 0. The number of hydrogen-bond donors (Lipinski definition) is 3. The highest BCUT2D eigenvalue weighted by Crippen LogP contribution is 2.42. The number of nitrogens with zero attached hydrogens (tertiary/aromatic N) is 8. The first-order chi connectivity index (χ1) is 33.2. The summed E-state index contributed by atoms with van der Waals surface area (Å²) in [6.07, 6.45) is 16.4. The van der Waals surface area contributed by atoms with E-state index in [2.05, 4.69) is 131 Å². The highest BCUT2D eigenvalue weighted by atomic mass is 35.5. The Bertz CT molecular complexity index is 2820. The van der Waals surface area contributed by atoms with Crippen LogP contribution >= 0.6 is 23.5 Å². The Morgan fingerprint density at radius 2 is 1.54 bits per heavy atom. The smallest absolute Gasteiger partial charge is 0.229 e. The van der Waals surface area contributed by atoms with Crippen LogP contribution in [0.15, 0.2) is 79.3 Å². The van der Waals surface area contributed by atoms with Gasteiger partial charge in [0, 0.05) is 121 Å². The molecule has 1 unspecified atom stereocenters. The Balaban J connectivity index is 0.640. The lowest BCUT2D eigenvalue weighted by molar-refractivity contribution is 0.0809. The fourth-order valence-corrected chi connectivity index (χ4v) is 13.2. The van der Waals surface area contributed by atoms with Crippen LogP contribution in [0.4, 0.5) is 40.2 Å². The highest BCUT2D eigenvalue weighted by Gasteiger charge is 2.31. The second-order valence-electron chi connectivity index (χ2n) is 20.0. The minimum Gasteiger partial charge on any atom is -0.371 e. The van der Waals surface area contributed by atoms with Gasteiger partial charge in [0.2, 0.25) is 5.95 Å². The Labute approximate surface area is 412 Å². The summed E-state index contributed by atoms with van der Waals surface area (Å²) in [5, 5.41) is 15.5. The van der Waals surface area contributed by atoms with Crippen LogP contribution in [0.2, 0.25) is 5.02 Å². The number of piperazine rings is 1. The van der Waals surface area contributed by atoms with Crippen molar-refractivity contribution in [2.45, 2.75) is 82.7 Å². The van der Waals surface area contributed by atoms with E-state index in [0.29, 0.717) is 22.8 Å². The van der Waals surface area contributed by atoms with Crippen molar-refractivity contribution in [3.05, 3.63) is 112 Å². The van der Waals surface area contributed by atoms with Crippen molar-refractivity contribution >= 4 is 87.7 Å². The average Bonchev–Trinajstić information content (AvgIpc) is 4.10. The summed E-state index contributed by atoms with van der Waals surface area (Å²) < 4.78 is 4.62. The van der Waals surface area contributed by atoms with Crippen LogP contribution in [-0.2, 0) is 19.3 Å². The quantitative estimate of drug-likeness (QED) is 0.105. The number of allylic oxidation sites excluding steroid dienone is 2. The standard InChI is InChI=1S/C55H68ClN11S/c1-36-12-16-51(37(2)58-36)67-38(3)44-14-13-43(34-47(44)39(67)4)63-25-19-40(20-26-63)18-24-62-30-32-64(33-31-62)42-22-27-65(28-23-42)52-17-15-49(45-9-7-10-46(45)52)60-55-57-35-48(56)54(61-55)59-50-11-6-8-41-21-29-66(68-5)53(41)50/h6,8,11,13-15,17,34-35,40,42,51,58H,1-4,7,9-10,12,16,18-33H2,5H3,(H2,57,59,60,61). The molecule has 6 aliphatic rings. The van der Waals surface area contributed by atoms with Crippen LogP contribution in [-0.4, -0.2) is 102 Å². The van der Waals surface area contributed by atoms with Crippen molar-refractivity contribution < 1.29 is 0 Å². The molecule has 0 amide bonds. The first kappa shape index (κ1) is 45.3. The van der Waals surface area contributed by atoms with Gasteiger partial charge >= 0.3 is 0 Å². The lowest BCUT2D eigenvalue weighted by Crippen LogP contribution is -2.53. The molecular formula is C55H68ClN11S. The number of aromatic nitrogens is 3. The lowest BCUT2D eigenvalue weighted by atomic mass is 9.92. The summed E-state index contributed by atoms with van der Waals surface area (Å²) in [5.74, 6) is 1.97. The molecule has 2 aromatic heterocycles. The number of benzene rings is 3. The second kappa shape index (κ2) is 19.3. The molecule has 356 valence electrons. The van der Waals surface area contributed by atoms with E-state index in [4.69, 9.17) is 16.6 Å². The molecule has 11 rings (SSSR count). The fourth-order valence-electron chi connectivity index (χ4n) is 12.4. The van der Waals surface area contributed by atoms with E-state index < -0.39 is 0 Å².